The van der Waals surface area contributed by atoms with E-state index in [0.29, 0.717) is 5.75 Å². The van der Waals surface area contributed by atoms with E-state index < -0.39 is 18.7 Å². The van der Waals surface area contributed by atoms with Gasteiger partial charge in [0.15, 0.2) is 11.5 Å². The Morgan fingerprint density at radius 3 is 2.27 bits per heavy atom. The number of nitrogens with two attached hydrogens (primary N) is 1. The third-order valence-corrected chi connectivity index (χ3v) is 2.65. The van der Waals surface area contributed by atoms with Crippen molar-refractivity contribution in [1.82, 2.24) is 0 Å². The van der Waals surface area contributed by atoms with E-state index in [0.717, 1.165) is 0 Å². The summed E-state index contributed by atoms with van der Waals surface area (Å²) >= 11 is 0. The van der Waals surface area contributed by atoms with Crippen molar-refractivity contribution in [2.45, 2.75) is 12.8 Å². The Labute approximate surface area is 124 Å². The maximum atomic E-state index is 13.1. The minimum absolute atomic E-state index is 0.109. The summed E-state index contributed by atoms with van der Waals surface area (Å²) in [6.45, 7) is 0. The van der Waals surface area contributed by atoms with E-state index in [1.807, 2.05) is 0 Å². The summed E-state index contributed by atoms with van der Waals surface area (Å²) in [4.78, 5) is 11.4. The number of alkyl halides is 3. The summed E-state index contributed by atoms with van der Waals surface area (Å²) in [7, 11) is 0. The van der Waals surface area contributed by atoms with Gasteiger partial charge in [0.2, 0.25) is 0 Å². The average Bonchev–Trinajstić information content (AvgIpc) is 2.49. The Morgan fingerprint density at radius 1 is 1.00 bits per heavy atom. The summed E-state index contributed by atoms with van der Waals surface area (Å²) in [5.41, 5.74) is 5.10. The molecule has 1 atom stereocenters. The van der Waals surface area contributed by atoms with Gasteiger partial charge in [-0.05, 0) is 24.3 Å². The topological polar surface area (TPSA) is 61.6 Å². The van der Waals surface area contributed by atoms with E-state index in [9.17, 15) is 18.0 Å². The number of hydrogen-bond acceptors (Lipinski definition) is 3. The number of halogens is 3. The highest BCUT2D eigenvalue weighted by molar-refractivity contribution is 5.96. The minimum atomic E-state index is -3.33. The molecule has 0 saturated carbocycles. The van der Waals surface area contributed by atoms with Crippen LogP contribution < -0.4 is 15.2 Å². The number of para-hydroxylation sites is 2. The number of carbonyl (C=O) groups is 1. The highest BCUT2D eigenvalue weighted by atomic mass is 19.3. The van der Waals surface area contributed by atoms with Crippen LogP contribution in [0, 0.1) is 0 Å². The fourth-order valence-corrected chi connectivity index (χ4v) is 1.69. The zero-order chi connectivity index (χ0) is 16.1. The van der Waals surface area contributed by atoms with Crippen molar-refractivity contribution >= 4 is 5.91 Å². The molecular formula is C15H12F3NO3. The van der Waals surface area contributed by atoms with Gasteiger partial charge in [0.05, 0.1) is 5.56 Å². The van der Waals surface area contributed by atoms with Crippen LogP contribution in [0.25, 0.3) is 0 Å². The van der Waals surface area contributed by atoms with Crippen molar-refractivity contribution in [1.29, 1.82) is 0 Å². The normalized spacial score (nSPS) is 12.0. The second-order valence-corrected chi connectivity index (χ2v) is 4.22. The van der Waals surface area contributed by atoms with Crippen LogP contribution in [0.3, 0.4) is 0 Å². The van der Waals surface area contributed by atoms with E-state index in [1.54, 1.807) is 30.3 Å². The summed E-state index contributed by atoms with van der Waals surface area (Å²) < 4.78 is 47.7. The lowest BCUT2D eigenvalue weighted by atomic mass is 10.1. The standard InChI is InChI=1S/C15H12F3NO3/c16-13(17)14(18)22-11-8-4-7-10(15(19)20)12(11)21-9-5-2-1-3-6-9/h1-8,13-14H,(H2,19,20). The van der Waals surface area contributed by atoms with Crippen molar-refractivity contribution in [3.63, 3.8) is 0 Å². The second kappa shape index (κ2) is 6.84. The van der Waals surface area contributed by atoms with Crippen molar-refractivity contribution in [2.75, 3.05) is 0 Å². The highest BCUT2D eigenvalue weighted by Gasteiger charge is 2.24. The fraction of sp³-hybridized carbons (Fsp3) is 0.133. The number of carbonyl (C=O) groups excluding carboxylic acids is 1. The number of benzene rings is 2. The Kier molecular flexibility index (Phi) is 4.88. The van der Waals surface area contributed by atoms with Crippen molar-refractivity contribution in [3.8, 4) is 17.2 Å². The zero-order valence-corrected chi connectivity index (χ0v) is 11.2. The van der Waals surface area contributed by atoms with Gasteiger partial charge in [-0.3, -0.25) is 4.79 Å². The molecule has 0 heterocycles. The molecule has 7 heteroatoms. The molecule has 4 nitrogen and oxygen atoms in total. The van der Waals surface area contributed by atoms with Gasteiger partial charge in [-0.1, -0.05) is 24.3 Å². The molecule has 0 saturated heterocycles. The summed E-state index contributed by atoms with van der Waals surface area (Å²) in [6.07, 6.45) is -6.18. The van der Waals surface area contributed by atoms with Crippen molar-refractivity contribution < 1.29 is 27.4 Å². The molecule has 1 amide bonds. The van der Waals surface area contributed by atoms with E-state index in [1.165, 1.54) is 18.2 Å². The van der Waals surface area contributed by atoms with Gasteiger partial charge in [0.25, 0.3) is 12.3 Å². The van der Waals surface area contributed by atoms with Gasteiger partial charge in [-0.15, -0.1) is 0 Å². The Morgan fingerprint density at radius 2 is 1.68 bits per heavy atom. The first-order valence-corrected chi connectivity index (χ1v) is 6.23. The number of ether oxygens (including phenoxy) is 2. The molecule has 0 aromatic heterocycles. The van der Waals surface area contributed by atoms with Gasteiger partial charge in [0.1, 0.15) is 5.75 Å². The molecular weight excluding hydrogens is 299 g/mol. The lowest BCUT2D eigenvalue weighted by Crippen LogP contribution is -2.20. The Balaban J connectivity index is 2.40. The molecule has 2 aromatic rings. The van der Waals surface area contributed by atoms with E-state index in [2.05, 4.69) is 4.74 Å². The van der Waals surface area contributed by atoms with Crippen LogP contribution in [0.4, 0.5) is 13.2 Å². The second-order valence-electron chi connectivity index (χ2n) is 4.22. The van der Waals surface area contributed by atoms with Gasteiger partial charge < -0.3 is 15.2 Å². The van der Waals surface area contributed by atoms with Crippen LogP contribution >= 0.6 is 0 Å². The van der Waals surface area contributed by atoms with Crippen LogP contribution in [-0.4, -0.2) is 18.7 Å². The lowest BCUT2D eigenvalue weighted by Gasteiger charge is -2.16. The third kappa shape index (κ3) is 3.69. The highest BCUT2D eigenvalue weighted by Crippen LogP contribution is 2.36. The molecule has 22 heavy (non-hydrogen) atoms. The fourth-order valence-electron chi connectivity index (χ4n) is 1.69. The molecule has 0 aliphatic heterocycles. The molecule has 0 aliphatic rings. The molecule has 2 rings (SSSR count). The largest absolute Gasteiger partial charge is 0.453 e. The molecule has 0 spiro atoms. The average molecular weight is 311 g/mol. The molecule has 0 bridgehead atoms. The van der Waals surface area contributed by atoms with E-state index in [4.69, 9.17) is 10.5 Å². The molecule has 0 fully saturated rings. The lowest BCUT2D eigenvalue weighted by molar-refractivity contribution is -0.0676. The van der Waals surface area contributed by atoms with Crippen molar-refractivity contribution in [2.24, 2.45) is 5.73 Å². The first kappa shape index (κ1) is 15.7. The predicted molar refractivity (Wildman–Crippen MR) is 73.0 cm³/mol. The number of rotatable bonds is 6. The molecule has 116 valence electrons. The molecule has 0 aliphatic carbocycles. The van der Waals surface area contributed by atoms with Crippen LogP contribution in [0.15, 0.2) is 48.5 Å². The summed E-state index contributed by atoms with van der Waals surface area (Å²) in [5, 5.41) is 0. The van der Waals surface area contributed by atoms with Gasteiger partial charge in [-0.25, -0.2) is 8.78 Å². The number of hydrogen-bond donors (Lipinski definition) is 1. The summed E-state index contributed by atoms with van der Waals surface area (Å²) in [5.74, 6) is -1.10. The Hall–Kier alpha value is -2.70. The van der Waals surface area contributed by atoms with Crippen LogP contribution in [-0.2, 0) is 0 Å². The molecule has 2 aromatic carbocycles. The van der Waals surface area contributed by atoms with E-state index in [-0.39, 0.29) is 17.1 Å². The number of primary amides is 1. The number of amides is 1. The maximum absolute atomic E-state index is 13.1. The van der Waals surface area contributed by atoms with Crippen molar-refractivity contribution in [3.05, 3.63) is 54.1 Å². The smallest absolute Gasteiger partial charge is 0.304 e. The first-order valence-electron chi connectivity index (χ1n) is 6.23. The molecule has 2 N–H and O–H groups in total. The van der Waals surface area contributed by atoms with Gasteiger partial charge in [0, 0.05) is 0 Å². The van der Waals surface area contributed by atoms with Crippen LogP contribution in [0.1, 0.15) is 10.4 Å². The monoisotopic (exact) mass is 311 g/mol. The Bertz CT molecular complexity index is 650. The van der Waals surface area contributed by atoms with Crippen LogP contribution in [0.2, 0.25) is 0 Å². The van der Waals surface area contributed by atoms with E-state index >= 15 is 0 Å². The SMILES string of the molecule is NC(=O)c1cccc(OC(F)C(F)F)c1Oc1ccccc1. The van der Waals surface area contributed by atoms with Crippen LogP contribution in [0.5, 0.6) is 17.2 Å². The third-order valence-electron chi connectivity index (χ3n) is 2.65. The molecule has 1 unspecified atom stereocenters. The minimum Gasteiger partial charge on any atom is -0.453 e. The predicted octanol–water partition coefficient (Wildman–Crippen LogP) is 3.52. The molecule has 0 radical (unpaired) electrons. The summed E-state index contributed by atoms with van der Waals surface area (Å²) in [6, 6.07) is 12.1. The van der Waals surface area contributed by atoms with Gasteiger partial charge >= 0.3 is 6.43 Å². The van der Waals surface area contributed by atoms with Gasteiger partial charge in [-0.2, -0.15) is 4.39 Å². The first-order chi connectivity index (χ1) is 10.5. The maximum Gasteiger partial charge on any atom is 0.304 e. The zero-order valence-electron chi connectivity index (χ0n) is 11.2. The quantitative estimate of drug-likeness (QED) is 0.888.